The third kappa shape index (κ3) is 4.11. The molecule has 0 bridgehead atoms. The van der Waals surface area contributed by atoms with E-state index >= 15 is 0 Å². The van der Waals surface area contributed by atoms with E-state index in [4.69, 9.17) is 12.2 Å². The van der Waals surface area contributed by atoms with Crippen LogP contribution in [-0.2, 0) is 9.59 Å². The molecule has 122 valence electrons. The predicted molar refractivity (Wildman–Crippen MR) is 94.1 cm³/mol. The number of thiocarbonyl (C=S) groups is 1. The first-order chi connectivity index (χ1) is 10.9. The Bertz CT molecular complexity index is 655. The number of carbonyl (C=O) groups excluding carboxylic acids is 1. The van der Waals surface area contributed by atoms with Crippen molar-refractivity contribution < 1.29 is 19.8 Å². The number of hydrogen-bond donors (Lipinski definition) is 2. The summed E-state index contributed by atoms with van der Waals surface area (Å²) < 4.78 is 0.267. The zero-order chi connectivity index (χ0) is 17.0. The molecule has 1 aromatic carbocycles. The van der Waals surface area contributed by atoms with Gasteiger partial charge >= 0.3 is 5.97 Å². The van der Waals surface area contributed by atoms with E-state index in [1.807, 2.05) is 6.92 Å². The number of aromatic hydroxyl groups is 1. The maximum atomic E-state index is 12.5. The van der Waals surface area contributed by atoms with Crippen LogP contribution in [-0.4, -0.2) is 37.4 Å². The highest BCUT2D eigenvalue weighted by molar-refractivity contribution is 8.26. The van der Waals surface area contributed by atoms with E-state index in [0.717, 1.165) is 23.7 Å². The fraction of sp³-hybridized carbons (Fsp3) is 0.312. The van der Waals surface area contributed by atoms with Crippen molar-refractivity contribution in [1.82, 2.24) is 4.90 Å². The van der Waals surface area contributed by atoms with Crippen molar-refractivity contribution in [2.24, 2.45) is 0 Å². The normalized spacial score (nSPS) is 17.8. The van der Waals surface area contributed by atoms with Crippen LogP contribution in [0.25, 0.3) is 6.08 Å². The summed E-state index contributed by atoms with van der Waals surface area (Å²) in [6.45, 7) is 1.97. The maximum Gasteiger partial charge on any atom is 0.326 e. The van der Waals surface area contributed by atoms with Crippen molar-refractivity contribution in [1.29, 1.82) is 0 Å². The highest BCUT2D eigenvalue weighted by Gasteiger charge is 2.40. The van der Waals surface area contributed by atoms with Crippen LogP contribution in [0.2, 0.25) is 0 Å². The fourth-order valence-electron chi connectivity index (χ4n) is 2.23. The molecule has 1 saturated heterocycles. The zero-order valence-corrected chi connectivity index (χ0v) is 14.2. The molecule has 2 rings (SSSR count). The van der Waals surface area contributed by atoms with Crippen LogP contribution in [0.4, 0.5) is 0 Å². The molecular formula is C16H17NO4S2. The summed E-state index contributed by atoms with van der Waals surface area (Å²) in [7, 11) is 0. The molecule has 0 aliphatic carbocycles. The van der Waals surface area contributed by atoms with E-state index < -0.39 is 12.0 Å². The summed E-state index contributed by atoms with van der Waals surface area (Å²) in [5.41, 5.74) is 0.740. The number of aliphatic carboxylic acids is 1. The summed E-state index contributed by atoms with van der Waals surface area (Å²) in [5, 5.41) is 18.7. The van der Waals surface area contributed by atoms with E-state index in [2.05, 4.69) is 0 Å². The third-order valence-corrected chi connectivity index (χ3v) is 4.77. The monoisotopic (exact) mass is 351 g/mol. The van der Waals surface area contributed by atoms with Crippen LogP contribution in [0, 0.1) is 0 Å². The van der Waals surface area contributed by atoms with E-state index in [1.165, 1.54) is 17.0 Å². The number of amides is 1. The zero-order valence-electron chi connectivity index (χ0n) is 12.6. The summed E-state index contributed by atoms with van der Waals surface area (Å²) in [5.74, 6) is -1.28. The van der Waals surface area contributed by atoms with Crippen LogP contribution in [0.1, 0.15) is 31.7 Å². The van der Waals surface area contributed by atoms with Crippen molar-refractivity contribution in [2.45, 2.75) is 32.2 Å². The third-order valence-electron chi connectivity index (χ3n) is 3.44. The number of benzene rings is 1. The summed E-state index contributed by atoms with van der Waals surface area (Å²) >= 11 is 6.30. The van der Waals surface area contributed by atoms with Gasteiger partial charge in [0.15, 0.2) is 0 Å². The highest BCUT2D eigenvalue weighted by atomic mass is 32.2. The average Bonchev–Trinajstić information content (AvgIpc) is 2.77. The van der Waals surface area contributed by atoms with Gasteiger partial charge in [-0.1, -0.05) is 55.9 Å². The smallest absolute Gasteiger partial charge is 0.326 e. The van der Waals surface area contributed by atoms with Gasteiger partial charge in [-0.2, -0.15) is 0 Å². The molecule has 1 fully saturated rings. The Morgan fingerprint density at radius 1 is 1.39 bits per heavy atom. The first kappa shape index (κ1) is 17.5. The van der Waals surface area contributed by atoms with E-state index in [9.17, 15) is 19.8 Å². The molecule has 5 nitrogen and oxygen atoms in total. The number of carboxylic acid groups (broad SMARTS) is 1. The van der Waals surface area contributed by atoms with Gasteiger partial charge in [0.05, 0.1) is 4.91 Å². The van der Waals surface area contributed by atoms with Gasteiger partial charge in [0.1, 0.15) is 16.1 Å². The van der Waals surface area contributed by atoms with Crippen LogP contribution in [0.3, 0.4) is 0 Å². The molecule has 1 aliphatic heterocycles. The number of unbranched alkanes of at least 4 members (excludes halogenated alkanes) is 1. The molecule has 1 amide bonds. The highest BCUT2D eigenvalue weighted by Crippen LogP contribution is 2.35. The molecule has 0 aromatic heterocycles. The quantitative estimate of drug-likeness (QED) is 0.605. The summed E-state index contributed by atoms with van der Waals surface area (Å²) in [6, 6.07) is 5.47. The first-order valence-corrected chi connectivity index (χ1v) is 8.45. The molecule has 1 aliphatic rings. The Labute approximate surface area is 144 Å². The van der Waals surface area contributed by atoms with Crippen LogP contribution in [0.15, 0.2) is 29.2 Å². The number of carbonyl (C=O) groups is 2. The number of phenols is 1. The number of carboxylic acids is 1. The van der Waals surface area contributed by atoms with Gasteiger partial charge in [-0.15, -0.1) is 0 Å². The van der Waals surface area contributed by atoms with Gasteiger partial charge in [-0.05, 0) is 30.2 Å². The van der Waals surface area contributed by atoms with Crippen LogP contribution in [0.5, 0.6) is 5.75 Å². The molecule has 1 aromatic rings. The Balaban J connectivity index is 2.24. The minimum atomic E-state index is -1.04. The molecule has 1 atom stereocenters. The second kappa shape index (κ2) is 7.61. The molecule has 0 spiro atoms. The van der Waals surface area contributed by atoms with Crippen molar-refractivity contribution in [3.63, 3.8) is 0 Å². The molecule has 0 saturated carbocycles. The average molecular weight is 351 g/mol. The fourth-order valence-corrected chi connectivity index (χ4v) is 3.59. The van der Waals surface area contributed by atoms with E-state index in [1.54, 1.807) is 18.2 Å². The van der Waals surface area contributed by atoms with Gasteiger partial charge in [-0.25, -0.2) is 4.79 Å². The minimum absolute atomic E-state index is 0.139. The Morgan fingerprint density at radius 2 is 2.04 bits per heavy atom. The van der Waals surface area contributed by atoms with E-state index in [0.29, 0.717) is 17.7 Å². The van der Waals surface area contributed by atoms with Gasteiger partial charge in [0.25, 0.3) is 5.91 Å². The molecular weight excluding hydrogens is 334 g/mol. The summed E-state index contributed by atoms with van der Waals surface area (Å²) in [6.07, 6.45) is 3.59. The number of nitrogens with zero attached hydrogens (tertiary/aromatic N) is 1. The SMILES string of the molecule is CCCC[C@H](C(=O)O)N1C(=O)/C(=C/c2ccc(O)cc2)SC1=S. The topological polar surface area (TPSA) is 77.8 Å². The first-order valence-electron chi connectivity index (χ1n) is 7.23. The summed E-state index contributed by atoms with van der Waals surface area (Å²) in [4.78, 5) is 25.6. The molecule has 7 heteroatoms. The molecule has 23 heavy (non-hydrogen) atoms. The van der Waals surface area contributed by atoms with E-state index in [-0.39, 0.29) is 16.0 Å². The Kier molecular flexibility index (Phi) is 5.79. The Morgan fingerprint density at radius 3 is 2.61 bits per heavy atom. The van der Waals surface area contributed by atoms with Gasteiger partial charge in [0.2, 0.25) is 0 Å². The van der Waals surface area contributed by atoms with Crippen LogP contribution >= 0.6 is 24.0 Å². The predicted octanol–water partition coefficient (Wildman–Crippen LogP) is 3.24. The van der Waals surface area contributed by atoms with Crippen molar-refractivity contribution in [3.8, 4) is 5.75 Å². The minimum Gasteiger partial charge on any atom is -0.508 e. The largest absolute Gasteiger partial charge is 0.508 e. The van der Waals surface area contributed by atoms with Gasteiger partial charge in [-0.3, -0.25) is 9.69 Å². The second-order valence-corrected chi connectivity index (χ2v) is 6.82. The van der Waals surface area contributed by atoms with Gasteiger partial charge in [0, 0.05) is 0 Å². The van der Waals surface area contributed by atoms with Crippen molar-refractivity contribution >= 4 is 46.3 Å². The number of phenolic OH excluding ortho intramolecular Hbond substituents is 1. The lowest BCUT2D eigenvalue weighted by Crippen LogP contribution is -2.43. The maximum absolute atomic E-state index is 12.5. The molecule has 2 N–H and O–H groups in total. The van der Waals surface area contributed by atoms with Crippen molar-refractivity contribution in [2.75, 3.05) is 0 Å². The standard InChI is InChI=1S/C16H17NO4S2/c1-2-3-4-12(15(20)21)17-14(19)13(23-16(17)22)9-10-5-7-11(18)8-6-10/h5-9,12,18H,2-4H2,1H3,(H,20,21)/b13-9-/t12-/m1/s1. The van der Waals surface area contributed by atoms with Gasteiger partial charge < -0.3 is 10.2 Å². The second-order valence-electron chi connectivity index (χ2n) is 5.14. The number of rotatable bonds is 6. The lowest BCUT2D eigenvalue weighted by molar-refractivity contribution is -0.145. The number of hydrogen-bond acceptors (Lipinski definition) is 5. The molecule has 0 radical (unpaired) electrons. The molecule has 0 unspecified atom stereocenters. The van der Waals surface area contributed by atoms with Crippen LogP contribution < -0.4 is 0 Å². The molecule has 1 heterocycles. The lowest BCUT2D eigenvalue weighted by Gasteiger charge is -2.22. The Hall–Kier alpha value is -1.86. The number of thioether (sulfide) groups is 1. The lowest BCUT2D eigenvalue weighted by atomic mass is 10.1. The van der Waals surface area contributed by atoms with Crippen molar-refractivity contribution in [3.05, 3.63) is 34.7 Å².